The van der Waals surface area contributed by atoms with Crippen LogP contribution in [-0.2, 0) is 14.9 Å². The van der Waals surface area contributed by atoms with Gasteiger partial charge in [0.15, 0.2) is 0 Å². The van der Waals surface area contributed by atoms with Crippen molar-refractivity contribution < 1.29 is 9.53 Å². The van der Waals surface area contributed by atoms with Crippen molar-refractivity contribution in [1.82, 2.24) is 5.32 Å². The minimum atomic E-state index is -0.540. The van der Waals surface area contributed by atoms with E-state index in [0.29, 0.717) is 0 Å². The van der Waals surface area contributed by atoms with E-state index in [0.717, 1.165) is 60.3 Å². The first kappa shape index (κ1) is 21.5. The van der Waals surface area contributed by atoms with Crippen LogP contribution in [0, 0.1) is 5.41 Å². The summed E-state index contributed by atoms with van der Waals surface area (Å²) in [6.45, 7) is 15.2. The molecule has 1 saturated carbocycles. The molecule has 162 valence electrons. The van der Waals surface area contributed by atoms with Crippen LogP contribution in [0.25, 0.3) is 17.2 Å². The predicted octanol–water partition coefficient (Wildman–Crippen LogP) is 5.68. The first-order chi connectivity index (χ1) is 14.7. The van der Waals surface area contributed by atoms with Crippen molar-refractivity contribution in [2.24, 2.45) is 10.4 Å². The van der Waals surface area contributed by atoms with Gasteiger partial charge in [0.2, 0.25) is 0 Å². The fourth-order valence-electron chi connectivity index (χ4n) is 5.13. The van der Waals surface area contributed by atoms with E-state index in [1.54, 1.807) is 6.08 Å². The largest absolute Gasteiger partial charge is 0.459 e. The number of nitrogens with one attached hydrogen (secondary N) is 1. The molecule has 1 aliphatic heterocycles. The summed E-state index contributed by atoms with van der Waals surface area (Å²) in [5.41, 5.74) is 3.97. The Morgan fingerprint density at radius 3 is 2.32 bits per heavy atom. The summed E-state index contributed by atoms with van der Waals surface area (Å²) < 4.78 is 5.93. The van der Waals surface area contributed by atoms with E-state index in [4.69, 9.17) is 4.74 Å². The van der Waals surface area contributed by atoms with E-state index < -0.39 is 11.0 Å². The molecule has 1 unspecified atom stereocenters. The van der Waals surface area contributed by atoms with Crippen LogP contribution in [0.15, 0.2) is 54.0 Å². The number of aliphatic imine (C=N–C) groups is 1. The summed E-state index contributed by atoms with van der Waals surface area (Å²) in [7, 11) is 0. The van der Waals surface area contributed by atoms with Crippen LogP contribution in [0.4, 0.5) is 5.69 Å². The summed E-state index contributed by atoms with van der Waals surface area (Å²) in [6, 6.07) is 14.5. The van der Waals surface area contributed by atoms with Gasteiger partial charge in [0.05, 0.1) is 11.1 Å². The number of carbonyl (C=O) groups excluding carboxylic acids is 1. The minimum absolute atomic E-state index is 0.00758. The normalized spacial score (nSPS) is 22.0. The van der Waals surface area contributed by atoms with Crippen molar-refractivity contribution in [1.29, 1.82) is 0 Å². The smallest absolute Gasteiger partial charge is 0.317 e. The second-order valence-electron chi connectivity index (χ2n) is 9.83. The Bertz CT molecular complexity index is 1010. The molecule has 4 rings (SSSR count). The van der Waals surface area contributed by atoms with Gasteiger partial charge >= 0.3 is 5.97 Å². The Morgan fingerprint density at radius 1 is 1.10 bits per heavy atom. The van der Waals surface area contributed by atoms with Crippen molar-refractivity contribution in [3.05, 3.63) is 60.2 Å². The van der Waals surface area contributed by atoms with Crippen LogP contribution in [0.3, 0.4) is 0 Å². The van der Waals surface area contributed by atoms with Gasteiger partial charge < -0.3 is 10.1 Å². The SMILES string of the molecule is C=Cc1ccc(-c2ccc(C3(C(=O)OC(C)(C)C)CC34CCNCC4)cc2)cc1N=C. The standard InChI is InChI=1S/C27H32N2O2/c1-6-19-7-8-21(17-23(19)28-5)20-9-11-22(12-10-20)27(24(30)31-25(2,3)4)18-26(27)13-15-29-16-14-26/h6-12,17,29H,1,5,13-16,18H2,2-4H3. The number of ether oxygens (including phenoxy) is 1. The highest BCUT2D eigenvalue weighted by atomic mass is 16.6. The van der Waals surface area contributed by atoms with Crippen LogP contribution >= 0.6 is 0 Å². The lowest BCUT2D eigenvalue weighted by Crippen LogP contribution is -2.40. The molecule has 2 fully saturated rings. The highest BCUT2D eigenvalue weighted by molar-refractivity contribution is 5.89. The third-order valence-electron chi connectivity index (χ3n) is 6.82. The summed E-state index contributed by atoms with van der Waals surface area (Å²) in [5, 5.41) is 3.43. The Hall–Kier alpha value is -2.72. The molecule has 1 N–H and O–H groups in total. The maximum atomic E-state index is 13.5. The molecule has 2 aromatic rings. The second kappa shape index (κ2) is 7.76. The van der Waals surface area contributed by atoms with Crippen molar-refractivity contribution in [3.63, 3.8) is 0 Å². The maximum absolute atomic E-state index is 13.5. The molecule has 1 spiro atoms. The summed E-state index contributed by atoms with van der Waals surface area (Å²) in [4.78, 5) is 17.6. The number of hydrogen-bond donors (Lipinski definition) is 1. The number of benzene rings is 2. The Labute approximate surface area is 185 Å². The average molecular weight is 417 g/mol. The van der Waals surface area contributed by atoms with Crippen molar-refractivity contribution in [2.45, 2.75) is 51.0 Å². The molecule has 31 heavy (non-hydrogen) atoms. The van der Waals surface area contributed by atoms with Gasteiger partial charge in [-0.3, -0.25) is 9.79 Å². The maximum Gasteiger partial charge on any atom is 0.317 e. The van der Waals surface area contributed by atoms with Gasteiger partial charge in [-0.1, -0.05) is 49.1 Å². The first-order valence-corrected chi connectivity index (χ1v) is 11.0. The number of piperidine rings is 1. The van der Waals surface area contributed by atoms with Gasteiger partial charge in [-0.25, -0.2) is 0 Å². The molecule has 0 bridgehead atoms. The quantitative estimate of drug-likeness (QED) is 0.504. The zero-order valence-electron chi connectivity index (χ0n) is 18.8. The molecule has 1 heterocycles. The summed E-state index contributed by atoms with van der Waals surface area (Å²) in [5.74, 6) is -0.0804. The molecular weight excluding hydrogens is 384 g/mol. The van der Waals surface area contributed by atoms with Crippen molar-refractivity contribution in [2.75, 3.05) is 13.1 Å². The molecule has 0 radical (unpaired) electrons. The van der Waals surface area contributed by atoms with Gasteiger partial charge in [0.25, 0.3) is 0 Å². The Balaban J connectivity index is 1.69. The topological polar surface area (TPSA) is 50.7 Å². The van der Waals surface area contributed by atoms with Crippen LogP contribution < -0.4 is 5.32 Å². The van der Waals surface area contributed by atoms with E-state index in [1.807, 2.05) is 32.9 Å². The minimum Gasteiger partial charge on any atom is -0.459 e. The first-order valence-electron chi connectivity index (χ1n) is 11.0. The number of carbonyl (C=O) groups is 1. The van der Waals surface area contributed by atoms with Crippen molar-refractivity contribution in [3.8, 4) is 11.1 Å². The molecule has 0 aromatic heterocycles. The van der Waals surface area contributed by atoms with Crippen molar-refractivity contribution >= 4 is 24.5 Å². The fraction of sp³-hybridized carbons (Fsp3) is 0.407. The third-order valence-corrected chi connectivity index (χ3v) is 6.82. The van der Waals surface area contributed by atoms with Crippen LogP contribution in [0.5, 0.6) is 0 Å². The number of hydrogen-bond acceptors (Lipinski definition) is 4. The highest BCUT2D eigenvalue weighted by Gasteiger charge is 2.73. The molecule has 1 atom stereocenters. The number of esters is 1. The lowest BCUT2D eigenvalue weighted by atomic mass is 9.80. The molecule has 4 heteroatoms. The molecule has 0 amide bonds. The molecule has 4 nitrogen and oxygen atoms in total. The summed E-state index contributed by atoms with van der Waals surface area (Å²) >= 11 is 0. The molecule has 1 saturated heterocycles. The van der Waals surface area contributed by atoms with Crippen LogP contribution in [0.2, 0.25) is 0 Å². The molecule has 2 aliphatic rings. The highest BCUT2D eigenvalue weighted by Crippen LogP contribution is 2.69. The van der Waals surface area contributed by atoms with Crippen LogP contribution in [-0.4, -0.2) is 31.4 Å². The van der Waals surface area contributed by atoms with Gasteiger partial charge in [0.1, 0.15) is 5.60 Å². The molecule has 1 aliphatic carbocycles. The van der Waals surface area contributed by atoms with Gasteiger partial charge in [-0.2, -0.15) is 0 Å². The molecule has 2 aromatic carbocycles. The predicted molar refractivity (Wildman–Crippen MR) is 128 cm³/mol. The number of rotatable bonds is 5. The van der Waals surface area contributed by atoms with E-state index in [9.17, 15) is 4.79 Å². The van der Waals surface area contributed by atoms with Gasteiger partial charge in [-0.15, -0.1) is 0 Å². The van der Waals surface area contributed by atoms with E-state index in [2.05, 4.69) is 53.9 Å². The van der Waals surface area contributed by atoms with Gasteiger partial charge in [0, 0.05) is 0 Å². The average Bonchev–Trinajstić information content (AvgIpc) is 3.40. The Morgan fingerprint density at radius 2 is 1.74 bits per heavy atom. The number of nitrogens with zero attached hydrogens (tertiary/aromatic N) is 1. The second-order valence-corrected chi connectivity index (χ2v) is 9.83. The monoisotopic (exact) mass is 416 g/mol. The zero-order chi connectivity index (χ0) is 22.3. The molecular formula is C27H32N2O2. The van der Waals surface area contributed by atoms with Crippen LogP contribution in [0.1, 0.15) is 51.2 Å². The lowest BCUT2D eigenvalue weighted by Gasteiger charge is -2.31. The van der Waals surface area contributed by atoms with Gasteiger partial charge in [-0.05, 0) is 93.6 Å². The van der Waals surface area contributed by atoms with E-state index in [1.165, 1.54) is 0 Å². The van der Waals surface area contributed by atoms with E-state index >= 15 is 0 Å². The fourth-order valence-corrected chi connectivity index (χ4v) is 5.13. The Kier molecular flexibility index (Phi) is 5.38. The third kappa shape index (κ3) is 3.74. The van der Waals surface area contributed by atoms with E-state index in [-0.39, 0.29) is 11.4 Å². The zero-order valence-corrected chi connectivity index (χ0v) is 18.8. The lowest BCUT2D eigenvalue weighted by molar-refractivity contribution is -0.159. The summed E-state index contributed by atoms with van der Waals surface area (Å²) in [6.07, 6.45) is 4.66.